The zero-order chi connectivity index (χ0) is 15.2. The van der Waals surface area contributed by atoms with Gasteiger partial charge in [-0.1, -0.05) is 38.2 Å². The number of ether oxygens (including phenoxy) is 1. The second-order valence-electron chi connectivity index (χ2n) is 6.16. The molecule has 0 spiro atoms. The topological polar surface area (TPSA) is 38.5 Å². The monoisotopic (exact) mass is 306 g/mol. The van der Waals surface area contributed by atoms with Crippen LogP contribution in [0.25, 0.3) is 0 Å². The SMILES string of the molecule is CC(C)C1CCN(CCOc2cccc(C(N)=S)c2)CC1. The number of nitrogens with two attached hydrogens (primary N) is 1. The molecule has 1 heterocycles. The summed E-state index contributed by atoms with van der Waals surface area (Å²) in [6.45, 7) is 8.75. The van der Waals surface area contributed by atoms with Gasteiger partial charge in [0.05, 0.1) is 0 Å². The Hall–Kier alpha value is -1.13. The Kier molecular flexibility index (Phi) is 6.00. The number of benzene rings is 1. The van der Waals surface area contributed by atoms with Crippen molar-refractivity contribution in [3.63, 3.8) is 0 Å². The lowest BCUT2D eigenvalue weighted by Gasteiger charge is -2.33. The van der Waals surface area contributed by atoms with Crippen LogP contribution in [0.5, 0.6) is 5.75 Å². The van der Waals surface area contributed by atoms with Crippen LogP contribution in [0.3, 0.4) is 0 Å². The van der Waals surface area contributed by atoms with Crippen LogP contribution < -0.4 is 10.5 Å². The molecule has 21 heavy (non-hydrogen) atoms. The van der Waals surface area contributed by atoms with Gasteiger partial charge in [-0.15, -0.1) is 0 Å². The molecular formula is C17H26N2OS. The van der Waals surface area contributed by atoms with Gasteiger partial charge in [-0.05, 0) is 49.9 Å². The van der Waals surface area contributed by atoms with E-state index in [1.165, 1.54) is 25.9 Å². The van der Waals surface area contributed by atoms with Gasteiger partial charge in [-0.25, -0.2) is 0 Å². The lowest BCUT2D eigenvalue weighted by molar-refractivity contribution is 0.137. The second kappa shape index (κ2) is 7.76. The average molecular weight is 306 g/mol. The minimum Gasteiger partial charge on any atom is -0.492 e. The van der Waals surface area contributed by atoms with E-state index in [-0.39, 0.29) is 0 Å². The van der Waals surface area contributed by atoms with Crippen LogP contribution in [0.15, 0.2) is 24.3 Å². The van der Waals surface area contributed by atoms with Crippen molar-refractivity contribution in [2.75, 3.05) is 26.2 Å². The molecule has 1 aromatic carbocycles. The first-order valence-corrected chi connectivity index (χ1v) is 8.22. The maximum Gasteiger partial charge on any atom is 0.120 e. The Labute approximate surface area is 133 Å². The van der Waals surface area contributed by atoms with E-state index < -0.39 is 0 Å². The number of hydrogen-bond acceptors (Lipinski definition) is 3. The third kappa shape index (κ3) is 4.97. The van der Waals surface area contributed by atoms with Crippen LogP contribution in [0, 0.1) is 11.8 Å². The molecule has 1 aliphatic rings. The zero-order valence-corrected chi connectivity index (χ0v) is 13.9. The summed E-state index contributed by atoms with van der Waals surface area (Å²) in [7, 11) is 0. The largest absolute Gasteiger partial charge is 0.492 e. The van der Waals surface area contributed by atoms with Crippen LogP contribution in [-0.2, 0) is 0 Å². The highest BCUT2D eigenvalue weighted by Crippen LogP contribution is 2.24. The lowest BCUT2D eigenvalue weighted by Crippen LogP contribution is -2.37. The van der Waals surface area contributed by atoms with Crippen LogP contribution in [0.2, 0.25) is 0 Å². The molecule has 0 unspecified atom stereocenters. The molecule has 0 saturated carbocycles. The number of thiocarbonyl (C=S) groups is 1. The Bertz CT molecular complexity index is 468. The summed E-state index contributed by atoms with van der Waals surface area (Å²) in [5, 5.41) is 0. The Balaban J connectivity index is 1.73. The van der Waals surface area contributed by atoms with Gasteiger partial charge in [0.15, 0.2) is 0 Å². The van der Waals surface area contributed by atoms with E-state index in [2.05, 4.69) is 18.7 Å². The fraction of sp³-hybridized carbons (Fsp3) is 0.588. The summed E-state index contributed by atoms with van der Waals surface area (Å²) < 4.78 is 5.82. The van der Waals surface area contributed by atoms with E-state index in [1.807, 2.05) is 24.3 Å². The molecule has 2 rings (SSSR count). The number of hydrogen-bond donors (Lipinski definition) is 1. The van der Waals surface area contributed by atoms with Crippen LogP contribution in [-0.4, -0.2) is 36.1 Å². The van der Waals surface area contributed by atoms with E-state index in [0.717, 1.165) is 29.7 Å². The van der Waals surface area contributed by atoms with Gasteiger partial charge < -0.3 is 10.5 Å². The van der Waals surface area contributed by atoms with E-state index in [4.69, 9.17) is 22.7 Å². The number of likely N-dealkylation sites (tertiary alicyclic amines) is 1. The summed E-state index contributed by atoms with van der Waals surface area (Å²) in [4.78, 5) is 2.91. The fourth-order valence-electron chi connectivity index (χ4n) is 2.87. The predicted octanol–water partition coefficient (Wildman–Crippen LogP) is 3.07. The van der Waals surface area contributed by atoms with Crippen molar-refractivity contribution in [3.8, 4) is 5.75 Å². The standard InChI is InChI=1S/C17H26N2OS/c1-13(2)14-6-8-19(9-7-14)10-11-20-16-5-3-4-15(12-16)17(18)21/h3-5,12-14H,6-11H2,1-2H3,(H2,18,21). The van der Waals surface area contributed by atoms with Gasteiger partial charge in [0.2, 0.25) is 0 Å². The summed E-state index contributed by atoms with van der Waals surface area (Å²) in [6.07, 6.45) is 2.63. The average Bonchev–Trinajstić information content (AvgIpc) is 2.48. The minimum absolute atomic E-state index is 0.413. The van der Waals surface area contributed by atoms with Crippen molar-refractivity contribution in [3.05, 3.63) is 29.8 Å². The molecule has 2 N–H and O–H groups in total. The number of nitrogens with zero attached hydrogens (tertiary/aromatic N) is 1. The van der Waals surface area contributed by atoms with Gasteiger partial charge >= 0.3 is 0 Å². The maximum atomic E-state index is 5.82. The Morgan fingerprint density at radius 1 is 1.38 bits per heavy atom. The highest BCUT2D eigenvalue weighted by molar-refractivity contribution is 7.80. The highest BCUT2D eigenvalue weighted by Gasteiger charge is 2.21. The molecule has 1 aromatic rings. The summed E-state index contributed by atoms with van der Waals surface area (Å²) in [6, 6.07) is 7.70. The molecule has 0 radical (unpaired) electrons. The van der Waals surface area contributed by atoms with Gasteiger partial charge in [0.25, 0.3) is 0 Å². The third-order valence-electron chi connectivity index (χ3n) is 4.37. The highest BCUT2D eigenvalue weighted by atomic mass is 32.1. The Morgan fingerprint density at radius 2 is 2.10 bits per heavy atom. The molecular weight excluding hydrogens is 280 g/mol. The third-order valence-corrected chi connectivity index (χ3v) is 4.61. The van der Waals surface area contributed by atoms with Crippen LogP contribution in [0.4, 0.5) is 0 Å². The van der Waals surface area contributed by atoms with Crippen LogP contribution in [0.1, 0.15) is 32.3 Å². The molecule has 0 amide bonds. The van der Waals surface area contributed by atoms with E-state index in [1.54, 1.807) is 0 Å². The maximum absolute atomic E-state index is 5.82. The molecule has 0 aliphatic carbocycles. The quantitative estimate of drug-likeness (QED) is 0.820. The van der Waals surface area contributed by atoms with Gasteiger partial charge in [-0.3, -0.25) is 4.90 Å². The fourth-order valence-corrected chi connectivity index (χ4v) is 3.00. The molecule has 1 saturated heterocycles. The first-order chi connectivity index (χ1) is 10.1. The van der Waals surface area contributed by atoms with Crippen molar-refractivity contribution < 1.29 is 4.74 Å². The van der Waals surface area contributed by atoms with Gasteiger partial charge in [0, 0.05) is 12.1 Å². The molecule has 0 bridgehead atoms. The summed E-state index contributed by atoms with van der Waals surface area (Å²) in [5.41, 5.74) is 6.49. The van der Waals surface area contributed by atoms with Crippen molar-refractivity contribution in [2.24, 2.45) is 17.6 Å². The molecule has 116 valence electrons. The van der Waals surface area contributed by atoms with E-state index in [0.29, 0.717) is 11.6 Å². The first-order valence-electron chi connectivity index (χ1n) is 7.81. The van der Waals surface area contributed by atoms with Crippen molar-refractivity contribution >= 4 is 17.2 Å². The summed E-state index contributed by atoms with van der Waals surface area (Å²) in [5.74, 6) is 2.55. The normalized spacial score (nSPS) is 17.1. The van der Waals surface area contributed by atoms with E-state index in [9.17, 15) is 0 Å². The van der Waals surface area contributed by atoms with Crippen LogP contribution >= 0.6 is 12.2 Å². The molecule has 1 fully saturated rings. The molecule has 1 aliphatic heterocycles. The van der Waals surface area contributed by atoms with Crippen molar-refractivity contribution in [1.29, 1.82) is 0 Å². The first kappa shape index (κ1) is 16.2. The lowest BCUT2D eigenvalue weighted by atomic mass is 9.87. The van der Waals surface area contributed by atoms with Gasteiger partial charge in [0.1, 0.15) is 17.3 Å². The van der Waals surface area contributed by atoms with Crippen molar-refractivity contribution in [2.45, 2.75) is 26.7 Å². The zero-order valence-electron chi connectivity index (χ0n) is 13.0. The second-order valence-corrected chi connectivity index (χ2v) is 6.60. The Morgan fingerprint density at radius 3 is 2.71 bits per heavy atom. The number of rotatable bonds is 6. The smallest absolute Gasteiger partial charge is 0.120 e. The van der Waals surface area contributed by atoms with Crippen molar-refractivity contribution in [1.82, 2.24) is 4.90 Å². The molecule has 0 atom stereocenters. The molecule has 4 heteroatoms. The van der Waals surface area contributed by atoms with E-state index >= 15 is 0 Å². The molecule has 3 nitrogen and oxygen atoms in total. The predicted molar refractivity (Wildman–Crippen MR) is 91.8 cm³/mol. The number of piperidine rings is 1. The summed E-state index contributed by atoms with van der Waals surface area (Å²) >= 11 is 4.98. The van der Waals surface area contributed by atoms with Gasteiger partial charge in [-0.2, -0.15) is 0 Å². The minimum atomic E-state index is 0.413. The molecule has 0 aromatic heterocycles.